The number of rotatable bonds is 7. The van der Waals surface area contributed by atoms with E-state index in [1.807, 2.05) is 40.1 Å². The average molecular weight is 421 g/mol. The Morgan fingerprint density at radius 1 is 1.00 bits per heavy atom. The number of likely N-dealkylation sites (tertiary alicyclic amines) is 2. The van der Waals surface area contributed by atoms with Gasteiger partial charge in [-0.05, 0) is 36.6 Å². The minimum Gasteiger partial charge on any atom is -0.481 e. The van der Waals surface area contributed by atoms with E-state index >= 15 is 0 Å². The maximum absolute atomic E-state index is 13.0. The van der Waals surface area contributed by atoms with Crippen LogP contribution < -0.4 is 0 Å². The molecule has 2 amide bonds. The average Bonchev–Trinajstić information content (AvgIpc) is 3.31. The standard InChI is InChI=1S/C24H27N3O4/c28-21(9-8-18-5-4-12-25-13-18)26-14-20-15-27(23(31)19-6-2-1-3-7-19)17-24(20,16-26)11-10-22(29)30/h1-7,12-13,20H,8-11,14-17H2,(H,29,30)/t20-,24+/m0/s1. The van der Waals surface area contributed by atoms with E-state index in [9.17, 15) is 19.5 Å². The second kappa shape index (κ2) is 8.88. The van der Waals surface area contributed by atoms with Crippen molar-refractivity contribution in [2.24, 2.45) is 11.3 Å². The van der Waals surface area contributed by atoms with Crippen LogP contribution in [0.3, 0.4) is 0 Å². The third-order valence-corrected chi connectivity index (χ3v) is 6.61. The molecule has 162 valence electrons. The third-order valence-electron chi connectivity index (χ3n) is 6.61. The maximum atomic E-state index is 13.0. The zero-order chi connectivity index (χ0) is 21.8. The van der Waals surface area contributed by atoms with Crippen molar-refractivity contribution in [2.75, 3.05) is 26.2 Å². The molecule has 4 rings (SSSR count). The molecule has 1 N–H and O–H groups in total. The van der Waals surface area contributed by atoms with Crippen LogP contribution in [-0.4, -0.2) is 63.9 Å². The van der Waals surface area contributed by atoms with Gasteiger partial charge in [-0.1, -0.05) is 24.3 Å². The Kier molecular flexibility index (Phi) is 6.02. The highest BCUT2D eigenvalue weighted by molar-refractivity contribution is 5.94. The van der Waals surface area contributed by atoms with Gasteiger partial charge in [0.2, 0.25) is 5.91 Å². The number of carboxylic acids is 1. The van der Waals surface area contributed by atoms with Crippen LogP contribution in [0.2, 0.25) is 0 Å². The van der Waals surface area contributed by atoms with Gasteiger partial charge in [0.15, 0.2) is 0 Å². The maximum Gasteiger partial charge on any atom is 0.303 e. The molecule has 0 bridgehead atoms. The van der Waals surface area contributed by atoms with E-state index in [-0.39, 0.29) is 29.6 Å². The number of hydrogen-bond donors (Lipinski definition) is 1. The van der Waals surface area contributed by atoms with Gasteiger partial charge >= 0.3 is 5.97 Å². The number of pyridine rings is 1. The van der Waals surface area contributed by atoms with E-state index in [1.165, 1.54) is 0 Å². The number of nitrogens with zero attached hydrogens (tertiary/aromatic N) is 3. The summed E-state index contributed by atoms with van der Waals surface area (Å²) in [4.78, 5) is 44.9. The molecule has 2 aliphatic heterocycles. The highest BCUT2D eigenvalue weighted by Crippen LogP contribution is 2.46. The fourth-order valence-corrected chi connectivity index (χ4v) is 4.96. The topological polar surface area (TPSA) is 90.8 Å². The van der Waals surface area contributed by atoms with E-state index in [2.05, 4.69) is 4.98 Å². The Morgan fingerprint density at radius 2 is 1.74 bits per heavy atom. The molecule has 0 radical (unpaired) electrons. The first kappa shape index (κ1) is 21.0. The monoisotopic (exact) mass is 421 g/mol. The van der Waals surface area contributed by atoms with Crippen molar-refractivity contribution in [3.05, 3.63) is 66.0 Å². The first-order chi connectivity index (χ1) is 15.0. The lowest BCUT2D eigenvalue weighted by atomic mass is 9.77. The van der Waals surface area contributed by atoms with Crippen LogP contribution in [0.25, 0.3) is 0 Å². The molecule has 0 aliphatic carbocycles. The Morgan fingerprint density at radius 3 is 2.45 bits per heavy atom. The van der Waals surface area contributed by atoms with Crippen LogP contribution >= 0.6 is 0 Å². The molecule has 31 heavy (non-hydrogen) atoms. The summed E-state index contributed by atoms with van der Waals surface area (Å²) in [6.07, 6.45) is 5.03. The number of amides is 2. The molecule has 2 atom stereocenters. The minimum atomic E-state index is -0.845. The lowest BCUT2D eigenvalue weighted by Gasteiger charge is -2.29. The molecule has 2 saturated heterocycles. The van der Waals surface area contributed by atoms with Crippen molar-refractivity contribution in [1.82, 2.24) is 14.8 Å². The predicted molar refractivity (Wildman–Crippen MR) is 114 cm³/mol. The van der Waals surface area contributed by atoms with Gasteiger partial charge in [0, 0.05) is 68.3 Å². The van der Waals surface area contributed by atoms with Gasteiger partial charge in [0.05, 0.1) is 0 Å². The molecule has 7 heteroatoms. The molecular weight excluding hydrogens is 394 g/mol. The normalized spacial score (nSPS) is 22.4. The first-order valence-corrected chi connectivity index (χ1v) is 10.7. The van der Waals surface area contributed by atoms with Gasteiger partial charge in [0.25, 0.3) is 5.91 Å². The fraction of sp³-hybridized carbons (Fsp3) is 0.417. The van der Waals surface area contributed by atoms with Gasteiger partial charge in [-0.15, -0.1) is 0 Å². The summed E-state index contributed by atoms with van der Waals surface area (Å²) >= 11 is 0. The Hall–Kier alpha value is -3.22. The number of aliphatic carboxylic acids is 1. The van der Waals surface area contributed by atoms with Crippen LogP contribution in [0, 0.1) is 11.3 Å². The van der Waals surface area contributed by atoms with Crippen molar-refractivity contribution in [1.29, 1.82) is 0 Å². The second-order valence-corrected chi connectivity index (χ2v) is 8.64. The zero-order valence-corrected chi connectivity index (χ0v) is 17.4. The number of carboxylic acid groups (broad SMARTS) is 1. The number of hydrogen-bond acceptors (Lipinski definition) is 4. The molecule has 1 aromatic carbocycles. The summed E-state index contributed by atoms with van der Waals surface area (Å²) in [6, 6.07) is 13.0. The van der Waals surface area contributed by atoms with E-state index in [0.717, 1.165) is 5.56 Å². The Balaban J connectivity index is 1.44. The van der Waals surface area contributed by atoms with Crippen molar-refractivity contribution < 1.29 is 19.5 Å². The zero-order valence-electron chi connectivity index (χ0n) is 17.4. The quantitative estimate of drug-likeness (QED) is 0.742. The molecule has 0 spiro atoms. The van der Waals surface area contributed by atoms with Crippen molar-refractivity contribution in [3.63, 3.8) is 0 Å². The molecule has 0 saturated carbocycles. The summed E-state index contributed by atoms with van der Waals surface area (Å²) in [5.41, 5.74) is 1.31. The second-order valence-electron chi connectivity index (χ2n) is 8.64. The summed E-state index contributed by atoms with van der Waals surface area (Å²) in [7, 11) is 0. The highest BCUT2D eigenvalue weighted by Gasteiger charge is 2.54. The molecular formula is C24H27N3O4. The first-order valence-electron chi connectivity index (χ1n) is 10.7. The van der Waals surface area contributed by atoms with Crippen LogP contribution in [0.4, 0.5) is 0 Å². The number of aryl methyl sites for hydroxylation is 1. The van der Waals surface area contributed by atoms with Gasteiger partial charge in [-0.25, -0.2) is 0 Å². The van der Waals surface area contributed by atoms with Crippen LogP contribution in [0.5, 0.6) is 0 Å². The number of benzene rings is 1. The summed E-state index contributed by atoms with van der Waals surface area (Å²) in [6.45, 7) is 2.13. The lowest BCUT2D eigenvalue weighted by molar-refractivity contribution is -0.137. The Labute approximate surface area is 181 Å². The number of fused-ring (bicyclic) bond motifs is 1. The largest absolute Gasteiger partial charge is 0.481 e. The molecule has 2 fully saturated rings. The van der Waals surface area contributed by atoms with E-state index < -0.39 is 5.97 Å². The van der Waals surface area contributed by atoms with Crippen molar-refractivity contribution >= 4 is 17.8 Å². The summed E-state index contributed by atoms with van der Waals surface area (Å²) in [5.74, 6) is -0.697. The van der Waals surface area contributed by atoms with Gasteiger partial charge in [-0.3, -0.25) is 19.4 Å². The van der Waals surface area contributed by atoms with Crippen molar-refractivity contribution in [3.8, 4) is 0 Å². The van der Waals surface area contributed by atoms with Crippen LogP contribution in [0.15, 0.2) is 54.9 Å². The number of aromatic nitrogens is 1. The van der Waals surface area contributed by atoms with Gasteiger partial charge in [-0.2, -0.15) is 0 Å². The van der Waals surface area contributed by atoms with Crippen LogP contribution in [-0.2, 0) is 16.0 Å². The smallest absolute Gasteiger partial charge is 0.303 e. The lowest BCUT2D eigenvalue weighted by Crippen LogP contribution is -2.39. The van der Waals surface area contributed by atoms with Crippen LogP contribution in [0.1, 0.15) is 35.2 Å². The molecule has 2 aromatic rings. The number of carbonyl (C=O) groups is 3. The van der Waals surface area contributed by atoms with Gasteiger partial charge < -0.3 is 14.9 Å². The SMILES string of the molecule is O=C(O)CC[C@]12CN(C(=O)CCc3cccnc3)C[C@H]1CN(C(=O)c1ccccc1)C2. The molecule has 7 nitrogen and oxygen atoms in total. The third kappa shape index (κ3) is 4.60. The molecule has 3 heterocycles. The van der Waals surface area contributed by atoms with Crippen molar-refractivity contribution in [2.45, 2.75) is 25.7 Å². The fourth-order valence-electron chi connectivity index (χ4n) is 4.96. The van der Waals surface area contributed by atoms with E-state index in [1.54, 1.807) is 24.5 Å². The summed E-state index contributed by atoms with van der Waals surface area (Å²) < 4.78 is 0. The molecule has 0 unspecified atom stereocenters. The number of carbonyl (C=O) groups excluding carboxylic acids is 2. The Bertz CT molecular complexity index is 950. The summed E-state index contributed by atoms with van der Waals surface area (Å²) in [5, 5.41) is 9.26. The highest BCUT2D eigenvalue weighted by atomic mass is 16.4. The molecule has 1 aromatic heterocycles. The minimum absolute atomic E-state index is 0.0286. The van der Waals surface area contributed by atoms with Gasteiger partial charge in [0.1, 0.15) is 0 Å². The molecule has 2 aliphatic rings. The van der Waals surface area contributed by atoms with E-state index in [0.29, 0.717) is 51.0 Å². The predicted octanol–water partition coefficient (Wildman–Crippen LogP) is 2.48. The van der Waals surface area contributed by atoms with E-state index in [4.69, 9.17) is 0 Å².